The van der Waals surface area contributed by atoms with Crippen LogP contribution in [0.3, 0.4) is 0 Å². The maximum Gasteiger partial charge on any atom is 0.265 e. The smallest absolute Gasteiger partial charge is 0.265 e. The number of aromatic nitrogens is 2. The Labute approximate surface area is 134 Å². The molecule has 1 aliphatic heterocycles. The van der Waals surface area contributed by atoms with Crippen LogP contribution < -0.4 is 0 Å². The number of allylic oxidation sites excluding steroid dienone is 1. The Balaban J connectivity index is 1.52. The fraction of sp³-hybridized carbons (Fsp3) is 0.412. The molecule has 2 aromatic rings. The lowest BCUT2D eigenvalue weighted by Gasteiger charge is -2.28. The SMILES string of the molecule is Cc1nc(-n2cccc2)sc1C(=O)N1CCC(=C2CC2)CC1. The fourth-order valence-corrected chi connectivity index (χ4v) is 4.05. The molecule has 1 saturated heterocycles. The van der Waals surface area contributed by atoms with Crippen LogP contribution in [-0.4, -0.2) is 33.4 Å². The van der Waals surface area contributed by atoms with Gasteiger partial charge in [0, 0.05) is 25.5 Å². The minimum absolute atomic E-state index is 0.147. The van der Waals surface area contributed by atoms with Crippen molar-refractivity contribution in [2.45, 2.75) is 32.6 Å². The molecular weight excluding hydrogens is 294 g/mol. The molecule has 0 unspecified atom stereocenters. The number of carbonyl (C=O) groups excluding carboxylic acids is 1. The number of rotatable bonds is 2. The van der Waals surface area contributed by atoms with Gasteiger partial charge in [0.15, 0.2) is 5.13 Å². The molecule has 4 nitrogen and oxygen atoms in total. The Hall–Kier alpha value is -1.88. The first-order valence-corrected chi connectivity index (χ1v) is 8.64. The van der Waals surface area contributed by atoms with E-state index in [0.29, 0.717) is 0 Å². The highest BCUT2D eigenvalue weighted by molar-refractivity contribution is 7.16. The number of carbonyl (C=O) groups is 1. The molecule has 1 amide bonds. The van der Waals surface area contributed by atoms with E-state index in [4.69, 9.17) is 0 Å². The normalized spacial score (nSPS) is 18.0. The molecule has 5 heteroatoms. The van der Waals surface area contributed by atoms with Crippen molar-refractivity contribution in [3.8, 4) is 5.13 Å². The molecule has 0 N–H and O–H groups in total. The van der Waals surface area contributed by atoms with Gasteiger partial charge in [0.2, 0.25) is 0 Å². The zero-order valence-corrected chi connectivity index (χ0v) is 13.5. The van der Waals surface area contributed by atoms with E-state index < -0.39 is 0 Å². The molecule has 0 radical (unpaired) electrons. The van der Waals surface area contributed by atoms with Gasteiger partial charge in [0.25, 0.3) is 5.91 Å². The van der Waals surface area contributed by atoms with Crippen LogP contribution in [0.5, 0.6) is 0 Å². The summed E-state index contributed by atoms with van der Waals surface area (Å²) in [6.45, 7) is 3.64. The van der Waals surface area contributed by atoms with Gasteiger partial charge in [0.1, 0.15) is 4.88 Å². The molecule has 0 aromatic carbocycles. The standard InChI is InChI=1S/C17H19N3OS/c1-12-15(22-17(18-12)20-8-2-3-9-20)16(21)19-10-6-14(7-11-19)13-4-5-13/h2-3,8-9H,4-7,10-11H2,1H3. The number of likely N-dealkylation sites (tertiary alicyclic amines) is 1. The fourth-order valence-electron chi connectivity index (χ4n) is 3.05. The van der Waals surface area contributed by atoms with E-state index in [2.05, 4.69) is 4.98 Å². The van der Waals surface area contributed by atoms with E-state index in [1.54, 1.807) is 11.1 Å². The quantitative estimate of drug-likeness (QED) is 0.795. The lowest BCUT2D eigenvalue weighted by atomic mass is 10.0. The Morgan fingerprint density at radius 2 is 1.73 bits per heavy atom. The summed E-state index contributed by atoms with van der Waals surface area (Å²) < 4.78 is 1.96. The molecule has 0 spiro atoms. The van der Waals surface area contributed by atoms with Crippen LogP contribution in [0.1, 0.15) is 41.0 Å². The Morgan fingerprint density at radius 3 is 2.36 bits per heavy atom. The third-order valence-corrected chi connectivity index (χ3v) is 5.62. The van der Waals surface area contributed by atoms with Crippen molar-refractivity contribution in [1.82, 2.24) is 14.5 Å². The summed E-state index contributed by atoms with van der Waals surface area (Å²) in [5.41, 5.74) is 4.10. The predicted molar refractivity (Wildman–Crippen MR) is 87.6 cm³/mol. The molecular formula is C17H19N3OS. The van der Waals surface area contributed by atoms with Gasteiger partial charge in [-0.25, -0.2) is 4.98 Å². The third-order valence-electron chi connectivity index (χ3n) is 4.46. The second-order valence-electron chi connectivity index (χ2n) is 6.00. The highest BCUT2D eigenvalue weighted by Crippen LogP contribution is 2.36. The summed E-state index contributed by atoms with van der Waals surface area (Å²) >= 11 is 1.49. The van der Waals surface area contributed by atoms with Crippen LogP contribution in [-0.2, 0) is 0 Å². The monoisotopic (exact) mass is 313 g/mol. The van der Waals surface area contributed by atoms with Crippen molar-refractivity contribution in [2.24, 2.45) is 0 Å². The number of hydrogen-bond acceptors (Lipinski definition) is 3. The van der Waals surface area contributed by atoms with Crippen molar-refractivity contribution < 1.29 is 4.79 Å². The third kappa shape index (κ3) is 2.50. The topological polar surface area (TPSA) is 38.1 Å². The van der Waals surface area contributed by atoms with Gasteiger partial charge < -0.3 is 9.47 Å². The largest absolute Gasteiger partial charge is 0.337 e. The van der Waals surface area contributed by atoms with E-state index in [1.165, 1.54) is 24.2 Å². The van der Waals surface area contributed by atoms with E-state index in [0.717, 1.165) is 41.6 Å². The van der Waals surface area contributed by atoms with E-state index >= 15 is 0 Å². The van der Waals surface area contributed by atoms with Gasteiger partial charge in [-0.05, 0) is 44.7 Å². The van der Waals surface area contributed by atoms with Crippen LogP contribution in [0.4, 0.5) is 0 Å². The molecule has 22 heavy (non-hydrogen) atoms. The summed E-state index contributed by atoms with van der Waals surface area (Å²) in [4.78, 5) is 20.1. The van der Waals surface area contributed by atoms with E-state index in [-0.39, 0.29) is 5.91 Å². The number of piperidine rings is 1. The average molecular weight is 313 g/mol. The molecule has 0 bridgehead atoms. The van der Waals surface area contributed by atoms with Crippen molar-refractivity contribution in [3.05, 3.63) is 46.2 Å². The predicted octanol–water partition coefficient (Wildman–Crippen LogP) is 3.57. The van der Waals surface area contributed by atoms with Crippen molar-refractivity contribution in [2.75, 3.05) is 13.1 Å². The first kappa shape index (κ1) is 13.8. The van der Waals surface area contributed by atoms with Gasteiger partial charge in [0.05, 0.1) is 5.69 Å². The minimum atomic E-state index is 0.147. The molecule has 2 fully saturated rings. The van der Waals surface area contributed by atoms with Gasteiger partial charge in [-0.3, -0.25) is 4.79 Å². The second-order valence-corrected chi connectivity index (χ2v) is 6.98. The molecule has 0 atom stereocenters. The van der Waals surface area contributed by atoms with E-state index in [9.17, 15) is 4.79 Å². The molecule has 2 aromatic heterocycles. The molecule has 4 rings (SSSR count). The molecule has 114 valence electrons. The second kappa shape index (κ2) is 5.39. The van der Waals surface area contributed by atoms with Gasteiger partial charge >= 0.3 is 0 Å². The maximum atomic E-state index is 12.8. The number of amides is 1. The Kier molecular flexibility index (Phi) is 3.37. The number of hydrogen-bond donors (Lipinski definition) is 0. The first-order chi connectivity index (χ1) is 10.7. The molecule has 1 saturated carbocycles. The van der Waals surface area contributed by atoms with Crippen molar-refractivity contribution >= 4 is 17.2 Å². The molecule has 1 aliphatic carbocycles. The van der Waals surface area contributed by atoms with E-state index in [1.807, 2.05) is 40.9 Å². The van der Waals surface area contributed by atoms with Crippen LogP contribution in [0.15, 0.2) is 35.7 Å². The summed E-state index contributed by atoms with van der Waals surface area (Å²) in [5.74, 6) is 0.147. The van der Waals surface area contributed by atoms with Crippen LogP contribution >= 0.6 is 11.3 Å². The average Bonchev–Trinajstić information content (AvgIpc) is 3.10. The summed E-state index contributed by atoms with van der Waals surface area (Å²) in [6, 6.07) is 3.94. The van der Waals surface area contributed by atoms with Crippen LogP contribution in [0.25, 0.3) is 5.13 Å². The number of nitrogens with zero attached hydrogens (tertiary/aromatic N) is 3. The van der Waals surface area contributed by atoms with Gasteiger partial charge in [-0.1, -0.05) is 22.5 Å². The van der Waals surface area contributed by atoms with Crippen LogP contribution in [0.2, 0.25) is 0 Å². The number of aryl methyl sites for hydroxylation is 1. The maximum absolute atomic E-state index is 12.8. The first-order valence-electron chi connectivity index (χ1n) is 7.82. The molecule has 3 heterocycles. The zero-order chi connectivity index (χ0) is 15.1. The Bertz CT molecular complexity index is 726. The highest BCUT2D eigenvalue weighted by Gasteiger charge is 2.27. The lowest BCUT2D eigenvalue weighted by molar-refractivity contribution is 0.0747. The minimum Gasteiger partial charge on any atom is -0.337 e. The van der Waals surface area contributed by atoms with Crippen LogP contribution in [0, 0.1) is 6.92 Å². The van der Waals surface area contributed by atoms with Gasteiger partial charge in [-0.15, -0.1) is 0 Å². The summed E-state index contributed by atoms with van der Waals surface area (Å²) in [7, 11) is 0. The van der Waals surface area contributed by atoms with Gasteiger partial charge in [-0.2, -0.15) is 0 Å². The summed E-state index contributed by atoms with van der Waals surface area (Å²) in [5, 5.41) is 0.864. The summed E-state index contributed by atoms with van der Waals surface area (Å²) in [6.07, 6.45) is 8.62. The Morgan fingerprint density at radius 1 is 1.09 bits per heavy atom. The zero-order valence-electron chi connectivity index (χ0n) is 12.7. The van der Waals surface area contributed by atoms with Crippen molar-refractivity contribution in [3.63, 3.8) is 0 Å². The number of thiazole rings is 1. The van der Waals surface area contributed by atoms with Crippen molar-refractivity contribution in [1.29, 1.82) is 0 Å². The molecule has 2 aliphatic rings. The highest BCUT2D eigenvalue weighted by atomic mass is 32.1. The lowest BCUT2D eigenvalue weighted by Crippen LogP contribution is -2.36.